The average Bonchev–Trinajstić information content (AvgIpc) is 2.99. The second-order valence-electron chi connectivity index (χ2n) is 8.24. The fourth-order valence-electron chi connectivity index (χ4n) is 4.54. The third-order valence-electron chi connectivity index (χ3n) is 6.18. The summed E-state index contributed by atoms with van der Waals surface area (Å²) in [5, 5.41) is 3.03. The van der Waals surface area contributed by atoms with Crippen molar-refractivity contribution in [3.05, 3.63) is 28.8 Å². The van der Waals surface area contributed by atoms with Crippen LogP contribution in [0.1, 0.15) is 55.7 Å². The van der Waals surface area contributed by atoms with Crippen molar-refractivity contribution in [2.45, 2.75) is 58.5 Å². The highest BCUT2D eigenvalue weighted by Crippen LogP contribution is 2.39. The minimum atomic E-state index is 0.233. The van der Waals surface area contributed by atoms with Gasteiger partial charge in [0.05, 0.1) is 7.11 Å². The smallest absolute Gasteiger partial charge is 0.220 e. The van der Waals surface area contributed by atoms with Gasteiger partial charge in [0.2, 0.25) is 5.91 Å². The molecule has 138 valence electrons. The first-order valence-corrected chi connectivity index (χ1v) is 9.53. The zero-order valence-corrected chi connectivity index (χ0v) is 16.3. The molecule has 1 aliphatic heterocycles. The number of rotatable bonds is 5. The van der Waals surface area contributed by atoms with E-state index in [0.717, 1.165) is 25.3 Å². The van der Waals surface area contributed by atoms with Gasteiger partial charge < -0.3 is 10.1 Å². The third-order valence-corrected chi connectivity index (χ3v) is 6.18. The van der Waals surface area contributed by atoms with Crippen LogP contribution in [0.25, 0.3) is 0 Å². The van der Waals surface area contributed by atoms with Gasteiger partial charge in [-0.25, -0.2) is 0 Å². The van der Waals surface area contributed by atoms with Crippen molar-refractivity contribution < 1.29 is 9.53 Å². The molecule has 1 amide bonds. The Balaban J connectivity index is 1.72. The van der Waals surface area contributed by atoms with Crippen molar-refractivity contribution >= 4 is 5.91 Å². The molecule has 1 saturated carbocycles. The van der Waals surface area contributed by atoms with Gasteiger partial charge in [0.1, 0.15) is 5.75 Å². The normalized spacial score (nSPS) is 26.0. The Kier molecular flexibility index (Phi) is 5.38. The molecule has 3 rings (SSSR count). The Bertz CT molecular complexity index is 641. The number of methoxy groups -OCH3 is 1. The Hall–Kier alpha value is -1.55. The number of amides is 1. The van der Waals surface area contributed by atoms with Gasteiger partial charge in [0.25, 0.3) is 0 Å². The zero-order valence-electron chi connectivity index (χ0n) is 16.3. The number of piperidine rings is 1. The standard InChI is InChI=1S/C21H32N2O2/c1-13(2)19-9-17(14(3)6-20(19)25-5)12-23(4)18-7-15-10-21(24)22-11-16(15)8-18/h6,9,13,15-16,18H,7-8,10-12H2,1-5H3,(H,22,24)/t15-,16+,18-/m0/s1. The van der Waals surface area contributed by atoms with E-state index in [2.05, 4.69) is 50.2 Å². The molecule has 3 atom stereocenters. The molecular formula is C21H32N2O2. The monoisotopic (exact) mass is 344 g/mol. The maximum absolute atomic E-state index is 11.6. The Morgan fingerprint density at radius 2 is 2.00 bits per heavy atom. The molecule has 25 heavy (non-hydrogen) atoms. The predicted octanol–water partition coefficient (Wildman–Crippen LogP) is 3.47. The summed E-state index contributed by atoms with van der Waals surface area (Å²) >= 11 is 0. The molecule has 1 heterocycles. The lowest BCUT2D eigenvalue weighted by Crippen LogP contribution is -2.38. The molecule has 4 nitrogen and oxygen atoms in total. The summed E-state index contributed by atoms with van der Waals surface area (Å²) in [6.07, 6.45) is 3.07. The molecule has 0 radical (unpaired) electrons. The van der Waals surface area contributed by atoms with E-state index in [0.29, 0.717) is 30.2 Å². The lowest BCUT2D eigenvalue weighted by atomic mass is 9.89. The van der Waals surface area contributed by atoms with Crippen molar-refractivity contribution in [1.82, 2.24) is 10.2 Å². The van der Waals surface area contributed by atoms with E-state index in [1.807, 2.05) is 0 Å². The number of ether oxygens (including phenoxy) is 1. The number of nitrogens with one attached hydrogen (secondary N) is 1. The highest BCUT2D eigenvalue weighted by molar-refractivity contribution is 5.77. The number of hydrogen-bond donors (Lipinski definition) is 1. The Morgan fingerprint density at radius 1 is 1.28 bits per heavy atom. The molecule has 1 N–H and O–H groups in total. The van der Waals surface area contributed by atoms with Gasteiger partial charge in [0, 0.05) is 25.6 Å². The van der Waals surface area contributed by atoms with Gasteiger partial charge >= 0.3 is 0 Å². The van der Waals surface area contributed by atoms with Crippen molar-refractivity contribution in [1.29, 1.82) is 0 Å². The number of aryl methyl sites for hydroxylation is 1. The average molecular weight is 344 g/mol. The fourth-order valence-corrected chi connectivity index (χ4v) is 4.54. The first-order chi connectivity index (χ1) is 11.9. The summed E-state index contributed by atoms with van der Waals surface area (Å²) in [5.41, 5.74) is 3.96. The number of fused-ring (bicyclic) bond motifs is 1. The van der Waals surface area contributed by atoms with Crippen LogP contribution in [0.4, 0.5) is 0 Å². The highest BCUT2D eigenvalue weighted by atomic mass is 16.5. The van der Waals surface area contributed by atoms with Gasteiger partial charge in [-0.3, -0.25) is 9.69 Å². The molecule has 4 heteroatoms. The second kappa shape index (κ2) is 7.36. The van der Waals surface area contributed by atoms with Crippen molar-refractivity contribution in [2.75, 3.05) is 20.7 Å². The summed E-state index contributed by atoms with van der Waals surface area (Å²) in [7, 11) is 3.98. The van der Waals surface area contributed by atoms with Crippen LogP contribution in [0.3, 0.4) is 0 Å². The summed E-state index contributed by atoms with van der Waals surface area (Å²) < 4.78 is 5.57. The van der Waals surface area contributed by atoms with Crippen LogP contribution in [0.5, 0.6) is 5.75 Å². The Morgan fingerprint density at radius 3 is 2.68 bits per heavy atom. The molecule has 1 aliphatic carbocycles. The molecule has 0 aromatic heterocycles. The van der Waals surface area contributed by atoms with E-state index in [1.54, 1.807) is 7.11 Å². The maximum atomic E-state index is 11.6. The fraction of sp³-hybridized carbons (Fsp3) is 0.667. The molecule has 1 saturated heterocycles. The van der Waals surface area contributed by atoms with Crippen LogP contribution in [0, 0.1) is 18.8 Å². The minimum Gasteiger partial charge on any atom is -0.496 e. The van der Waals surface area contributed by atoms with E-state index < -0.39 is 0 Å². The van der Waals surface area contributed by atoms with E-state index in [1.165, 1.54) is 23.1 Å². The number of carbonyl (C=O) groups is 1. The van der Waals surface area contributed by atoms with Crippen LogP contribution in [-0.4, -0.2) is 37.6 Å². The quantitative estimate of drug-likeness (QED) is 0.889. The van der Waals surface area contributed by atoms with Crippen molar-refractivity contribution in [3.8, 4) is 5.75 Å². The molecule has 0 spiro atoms. The number of hydrogen-bond acceptors (Lipinski definition) is 3. The van der Waals surface area contributed by atoms with Gasteiger partial charge in [0.15, 0.2) is 0 Å². The summed E-state index contributed by atoms with van der Waals surface area (Å²) in [6.45, 7) is 8.43. The zero-order chi connectivity index (χ0) is 18.1. The van der Waals surface area contributed by atoms with Gasteiger partial charge in [-0.15, -0.1) is 0 Å². The first-order valence-electron chi connectivity index (χ1n) is 9.53. The number of carbonyl (C=O) groups excluding carboxylic acids is 1. The summed E-state index contributed by atoms with van der Waals surface area (Å²) in [5.74, 6) is 2.91. The van der Waals surface area contributed by atoms with Crippen molar-refractivity contribution in [2.24, 2.45) is 11.8 Å². The maximum Gasteiger partial charge on any atom is 0.220 e. The first kappa shape index (κ1) is 18.2. The Labute approximate surface area is 151 Å². The van der Waals surface area contributed by atoms with Crippen LogP contribution in [0.2, 0.25) is 0 Å². The summed E-state index contributed by atoms with van der Waals surface area (Å²) in [6, 6.07) is 5.07. The molecule has 0 unspecified atom stereocenters. The topological polar surface area (TPSA) is 41.6 Å². The SMILES string of the molecule is COc1cc(C)c(CN(C)[C@H]2C[C@H]3CC(=O)NC[C@H]3C2)cc1C(C)C. The lowest BCUT2D eigenvalue weighted by Gasteiger charge is -2.26. The highest BCUT2D eigenvalue weighted by Gasteiger charge is 2.39. The van der Waals surface area contributed by atoms with E-state index in [9.17, 15) is 4.79 Å². The van der Waals surface area contributed by atoms with Gasteiger partial charge in [-0.05, 0) is 67.3 Å². The third kappa shape index (κ3) is 3.84. The lowest BCUT2D eigenvalue weighted by molar-refractivity contribution is -0.124. The molecule has 1 aromatic carbocycles. The van der Waals surface area contributed by atoms with Gasteiger partial charge in [-0.1, -0.05) is 19.9 Å². The van der Waals surface area contributed by atoms with E-state index in [4.69, 9.17) is 4.74 Å². The molecular weight excluding hydrogens is 312 g/mol. The molecule has 1 aromatic rings. The van der Waals surface area contributed by atoms with E-state index in [-0.39, 0.29) is 5.91 Å². The largest absolute Gasteiger partial charge is 0.496 e. The minimum absolute atomic E-state index is 0.233. The van der Waals surface area contributed by atoms with Gasteiger partial charge in [-0.2, -0.15) is 0 Å². The van der Waals surface area contributed by atoms with E-state index >= 15 is 0 Å². The van der Waals surface area contributed by atoms with Crippen LogP contribution >= 0.6 is 0 Å². The number of benzene rings is 1. The van der Waals surface area contributed by atoms with Crippen LogP contribution in [0.15, 0.2) is 12.1 Å². The predicted molar refractivity (Wildman–Crippen MR) is 101 cm³/mol. The summed E-state index contributed by atoms with van der Waals surface area (Å²) in [4.78, 5) is 14.1. The van der Waals surface area contributed by atoms with Crippen LogP contribution in [-0.2, 0) is 11.3 Å². The van der Waals surface area contributed by atoms with Crippen LogP contribution < -0.4 is 10.1 Å². The second-order valence-corrected chi connectivity index (χ2v) is 8.24. The molecule has 2 aliphatic rings. The van der Waals surface area contributed by atoms with Crippen molar-refractivity contribution in [3.63, 3.8) is 0 Å². The molecule has 2 fully saturated rings. The number of nitrogens with zero attached hydrogens (tertiary/aromatic N) is 1. The molecule has 0 bridgehead atoms.